The van der Waals surface area contributed by atoms with Crippen molar-refractivity contribution in [2.24, 2.45) is 20.7 Å². The third-order valence-corrected chi connectivity index (χ3v) is 5.11. The number of hydrogen-bond donors (Lipinski definition) is 5. The molecule has 5 atom stereocenters. The van der Waals surface area contributed by atoms with E-state index < -0.39 is 36.9 Å². The summed E-state index contributed by atoms with van der Waals surface area (Å²) in [5.74, 6) is -0.919. The molecule has 1 saturated heterocycles. The second-order valence-corrected chi connectivity index (χ2v) is 7.39. The van der Waals surface area contributed by atoms with E-state index in [2.05, 4.69) is 20.3 Å². The van der Waals surface area contributed by atoms with Crippen LogP contribution in [0.5, 0.6) is 0 Å². The van der Waals surface area contributed by atoms with Crippen molar-refractivity contribution in [2.45, 2.75) is 30.3 Å². The molecule has 1 aromatic rings. The van der Waals surface area contributed by atoms with E-state index in [1.54, 1.807) is 4.90 Å². The first kappa shape index (κ1) is 18.7. The number of rotatable bonds is 4. The average molecular weight is 486 g/mol. The summed E-state index contributed by atoms with van der Waals surface area (Å²) in [4.78, 5) is 14.9. The number of hydrogen-bond acceptors (Lipinski definition) is 10. The van der Waals surface area contributed by atoms with Gasteiger partial charge < -0.3 is 30.3 Å². The van der Waals surface area contributed by atoms with E-state index in [1.807, 2.05) is 52.9 Å². The molecule has 0 aliphatic carbocycles. The van der Waals surface area contributed by atoms with Crippen molar-refractivity contribution in [2.75, 3.05) is 18.6 Å². The number of aliphatic imine (C=N–C) groups is 3. The van der Waals surface area contributed by atoms with Gasteiger partial charge in [-0.3, -0.25) is 10.7 Å². The number of nitrogens with two attached hydrogens (primary N) is 1. The van der Waals surface area contributed by atoms with Crippen LogP contribution in [-0.2, 0) is 4.74 Å². The minimum Gasteiger partial charge on any atom is -0.394 e. The van der Waals surface area contributed by atoms with Gasteiger partial charge in [-0.1, -0.05) is 18.2 Å². The van der Waals surface area contributed by atoms with Crippen molar-refractivity contribution in [3.63, 3.8) is 0 Å². The molecule has 1 fully saturated rings. The van der Waals surface area contributed by atoms with Gasteiger partial charge in [-0.15, -0.1) is 0 Å². The highest BCUT2D eigenvalue weighted by atomic mass is 127. The first-order valence-electron chi connectivity index (χ1n) is 8.33. The smallest absolute Gasteiger partial charge is 0.232 e. The molecular weight excluding hydrogens is 467 g/mol. The van der Waals surface area contributed by atoms with E-state index in [4.69, 9.17) is 10.5 Å². The Hall–Kier alpha value is -1.64. The van der Waals surface area contributed by atoms with Gasteiger partial charge >= 0.3 is 0 Å². The van der Waals surface area contributed by atoms with Crippen molar-refractivity contribution in [3.8, 4) is 0 Å². The quantitative estimate of drug-likeness (QED) is 0.210. The lowest BCUT2D eigenvalue weighted by Gasteiger charge is -2.33. The van der Waals surface area contributed by atoms with E-state index in [9.17, 15) is 15.3 Å². The Bertz CT molecular complexity index is 818. The molecule has 0 saturated carbocycles. The number of benzene rings is 1. The van der Waals surface area contributed by atoms with Crippen LogP contribution in [0.2, 0.25) is 0 Å². The summed E-state index contributed by atoms with van der Waals surface area (Å²) < 4.78 is 6.02. The summed E-state index contributed by atoms with van der Waals surface area (Å²) in [6.45, 7) is -0.270. The molecule has 1 unspecified atom stereocenters. The standard InChI is InChI=1S/C16H19IN6O4/c17-15-20-13-12(16(18,22-15)21-8-4-2-1-3-5-8)19-7-23(13)14-11(26)10(25)9(6-24)27-14/h1-5,9-11,14,21,24-26H,6-7,18H2/t9-,10-,11-,14-,16?/m1/s1. The largest absolute Gasteiger partial charge is 0.394 e. The molecule has 0 amide bonds. The Morgan fingerprint density at radius 1 is 1.30 bits per heavy atom. The SMILES string of the molecule is NC1(Nc2ccccc2)N=C(I)N=C2C1=NCN2[C@@H]1O[C@H](CO)[C@@H](O)[C@H]1O. The number of fused-ring (bicyclic) bond motifs is 1. The summed E-state index contributed by atoms with van der Waals surface area (Å²) >= 11 is 1.96. The first-order valence-corrected chi connectivity index (χ1v) is 9.41. The highest BCUT2D eigenvalue weighted by molar-refractivity contribution is 14.1. The lowest BCUT2D eigenvalue weighted by atomic mass is 10.1. The molecule has 0 bridgehead atoms. The Balaban J connectivity index is 1.62. The zero-order valence-corrected chi connectivity index (χ0v) is 16.3. The molecule has 3 aliphatic rings. The van der Waals surface area contributed by atoms with Gasteiger partial charge in [0.2, 0.25) is 5.79 Å². The van der Waals surface area contributed by atoms with Crippen LogP contribution >= 0.6 is 22.6 Å². The molecule has 1 aromatic carbocycles. The number of nitrogens with one attached hydrogen (secondary N) is 1. The third-order valence-electron chi connectivity index (χ3n) is 4.63. The van der Waals surface area contributed by atoms with Crippen LogP contribution in [0, 0.1) is 0 Å². The molecule has 3 heterocycles. The molecular formula is C16H19IN6O4. The van der Waals surface area contributed by atoms with Crippen molar-refractivity contribution in [1.82, 2.24) is 4.90 Å². The maximum absolute atomic E-state index is 10.3. The number of halogens is 1. The first-order chi connectivity index (χ1) is 12.9. The Labute approximate surface area is 168 Å². The fourth-order valence-electron chi connectivity index (χ4n) is 3.31. The zero-order chi connectivity index (χ0) is 19.2. The van der Waals surface area contributed by atoms with E-state index in [1.165, 1.54) is 0 Å². The van der Waals surface area contributed by atoms with Crippen molar-refractivity contribution >= 4 is 43.7 Å². The van der Waals surface area contributed by atoms with Crippen molar-refractivity contribution in [3.05, 3.63) is 30.3 Å². The van der Waals surface area contributed by atoms with E-state index in [-0.39, 0.29) is 6.67 Å². The highest BCUT2D eigenvalue weighted by Gasteiger charge is 2.51. The van der Waals surface area contributed by atoms with Gasteiger partial charge in [0.1, 0.15) is 30.7 Å². The van der Waals surface area contributed by atoms with Gasteiger partial charge in [0.15, 0.2) is 15.9 Å². The summed E-state index contributed by atoms with van der Waals surface area (Å²) in [6.07, 6.45) is -4.20. The van der Waals surface area contributed by atoms with Crippen LogP contribution in [-0.4, -0.2) is 79.2 Å². The number of para-hydroxylation sites is 1. The number of nitrogens with zero attached hydrogens (tertiary/aromatic N) is 4. The number of ether oxygens (including phenoxy) is 1. The third kappa shape index (κ3) is 3.23. The number of aliphatic hydroxyl groups is 3. The van der Waals surface area contributed by atoms with E-state index in [0.717, 1.165) is 5.69 Å². The Morgan fingerprint density at radius 3 is 2.70 bits per heavy atom. The predicted molar refractivity (Wildman–Crippen MR) is 108 cm³/mol. The highest BCUT2D eigenvalue weighted by Crippen LogP contribution is 2.30. The summed E-state index contributed by atoms with van der Waals surface area (Å²) in [6, 6.07) is 9.37. The van der Waals surface area contributed by atoms with Gasteiger partial charge in [0, 0.05) is 28.3 Å². The molecule has 3 aliphatic heterocycles. The number of anilines is 1. The molecule has 11 heteroatoms. The van der Waals surface area contributed by atoms with Gasteiger partial charge in [-0.05, 0) is 12.1 Å². The normalized spacial score (nSPS) is 35.4. The second-order valence-electron chi connectivity index (χ2n) is 6.42. The monoisotopic (exact) mass is 486 g/mol. The maximum atomic E-state index is 10.3. The molecule has 27 heavy (non-hydrogen) atoms. The van der Waals surface area contributed by atoms with Crippen LogP contribution in [0.25, 0.3) is 0 Å². The molecule has 0 radical (unpaired) electrons. The average Bonchev–Trinajstić information content (AvgIpc) is 3.18. The molecule has 0 spiro atoms. The summed E-state index contributed by atoms with van der Waals surface area (Å²) in [5.41, 5.74) is 7.68. The van der Waals surface area contributed by atoms with Gasteiger partial charge in [-0.2, -0.15) is 0 Å². The fraction of sp³-hybridized carbons (Fsp3) is 0.438. The molecule has 6 N–H and O–H groups in total. The van der Waals surface area contributed by atoms with Crippen LogP contribution in [0.3, 0.4) is 0 Å². The predicted octanol–water partition coefficient (Wildman–Crippen LogP) is -0.933. The topological polar surface area (TPSA) is 148 Å². The zero-order valence-electron chi connectivity index (χ0n) is 14.1. The minimum atomic E-state index is -1.33. The van der Waals surface area contributed by atoms with Gasteiger partial charge in [0.05, 0.1) is 6.61 Å². The van der Waals surface area contributed by atoms with Crippen LogP contribution in [0.1, 0.15) is 0 Å². The lowest BCUT2D eigenvalue weighted by molar-refractivity contribution is -0.0688. The van der Waals surface area contributed by atoms with E-state index in [0.29, 0.717) is 15.4 Å². The maximum Gasteiger partial charge on any atom is 0.232 e. The van der Waals surface area contributed by atoms with Crippen LogP contribution in [0.4, 0.5) is 5.69 Å². The van der Waals surface area contributed by atoms with Crippen molar-refractivity contribution in [1.29, 1.82) is 0 Å². The second kappa shape index (κ2) is 7.07. The lowest BCUT2D eigenvalue weighted by Crippen LogP contribution is -2.60. The van der Waals surface area contributed by atoms with Gasteiger partial charge in [-0.25, -0.2) is 9.98 Å². The Morgan fingerprint density at radius 2 is 2.04 bits per heavy atom. The number of amidine groups is 2. The summed E-state index contributed by atoms with van der Waals surface area (Å²) in [7, 11) is 0. The Kier molecular flexibility index (Phi) is 4.90. The molecule has 10 nitrogen and oxygen atoms in total. The minimum absolute atomic E-state index is 0.135. The fourth-order valence-corrected chi connectivity index (χ4v) is 3.92. The van der Waals surface area contributed by atoms with Crippen LogP contribution < -0.4 is 11.1 Å². The number of aliphatic hydroxyl groups excluding tert-OH is 3. The molecule has 144 valence electrons. The van der Waals surface area contributed by atoms with Gasteiger partial charge in [0.25, 0.3) is 0 Å². The van der Waals surface area contributed by atoms with E-state index >= 15 is 0 Å². The summed E-state index contributed by atoms with van der Waals surface area (Å²) in [5, 5.41) is 32.8. The molecule has 0 aromatic heterocycles. The van der Waals surface area contributed by atoms with Crippen LogP contribution in [0.15, 0.2) is 45.3 Å². The van der Waals surface area contributed by atoms with Crippen molar-refractivity contribution < 1.29 is 20.1 Å². The molecule has 4 rings (SSSR count).